The van der Waals surface area contributed by atoms with Gasteiger partial charge in [-0.3, -0.25) is 4.98 Å². The maximum atomic E-state index is 11.8. The average Bonchev–Trinajstić information content (AvgIpc) is 2.42. The molecule has 0 aliphatic rings. The number of aromatic nitrogens is 1. The molecule has 108 valence electrons. The number of nitrogens with one attached hydrogen (secondary N) is 1. The van der Waals surface area contributed by atoms with Crippen molar-refractivity contribution in [1.29, 1.82) is 0 Å². The molecule has 0 bridgehead atoms. The third kappa shape index (κ3) is 3.16. The smallest absolute Gasteiger partial charge is 0.151 e. The molecule has 2 unspecified atom stereocenters. The fraction of sp³-hybridized carbons (Fsp3) is 0.400. The molecule has 5 heteroatoms. The number of hydrogen-bond acceptors (Lipinski definition) is 4. The second-order valence-corrected chi connectivity index (χ2v) is 7.43. The van der Waals surface area contributed by atoms with Crippen LogP contribution in [0.5, 0.6) is 0 Å². The van der Waals surface area contributed by atoms with E-state index in [-0.39, 0.29) is 6.04 Å². The number of fused-ring (bicyclic) bond motifs is 1. The highest BCUT2D eigenvalue weighted by atomic mass is 32.2. The zero-order chi connectivity index (χ0) is 14.8. The van der Waals surface area contributed by atoms with Crippen molar-refractivity contribution in [2.45, 2.75) is 25.1 Å². The van der Waals surface area contributed by atoms with Crippen molar-refractivity contribution < 1.29 is 8.42 Å². The van der Waals surface area contributed by atoms with Crippen molar-refractivity contribution >= 4 is 20.7 Å². The molecule has 0 saturated carbocycles. The van der Waals surface area contributed by atoms with Gasteiger partial charge >= 0.3 is 0 Å². The molecule has 0 aliphatic heterocycles. The minimum Gasteiger partial charge on any atom is -0.309 e. The van der Waals surface area contributed by atoms with Gasteiger partial charge < -0.3 is 5.32 Å². The SMILES string of the molecule is CCNC(c1ccc2ncccc2c1)C(C)S(C)(=O)=O. The van der Waals surface area contributed by atoms with Crippen molar-refractivity contribution in [3.8, 4) is 0 Å². The van der Waals surface area contributed by atoms with E-state index >= 15 is 0 Å². The molecular weight excluding hydrogens is 272 g/mol. The molecule has 20 heavy (non-hydrogen) atoms. The zero-order valence-electron chi connectivity index (χ0n) is 12.0. The Morgan fingerprint density at radius 2 is 2.05 bits per heavy atom. The van der Waals surface area contributed by atoms with Gasteiger partial charge in [0.1, 0.15) is 0 Å². The summed E-state index contributed by atoms with van der Waals surface area (Å²) in [5.41, 5.74) is 1.89. The highest BCUT2D eigenvalue weighted by molar-refractivity contribution is 7.91. The quantitative estimate of drug-likeness (QED) is 0.919. The standard InChI is InChI=1S/C15H20N2O2S/c1-4-16-15(11(2)20(3,18)19)13-7-8-14-12(10-13)6-5-9-17-14/h5-11,15-16H,4H2,1-3H3. The second-order valence-electron chi connectivity index (χ2n) is 5.03. The predicted molar refractivity (Wildman–Crippen MR) is 82.5 cm³/mol. The minimum absolute atomic E-state index is 0.209. The van der Waals surface area contributed by atoms with E-state index in [2.05, 4.69) is 10.3 Å². The van der Waals surface area contributed by atoms with Crippen LogP contribution in [0.3, 0.4) is 0 Å². The molecule has 2 atom stereocenters. The summed E-state index contributed by atoms with van der Waals surface area (Å²) < 4.78 is 23.7. The van der Waals surface area contributed by atoms with Gasteiger partial charge in [-0.15, -0.1) is 0 Å². The Labute approximate surface area is 120 Å². The number of rotatable bonds is 5. The molecular formula is C15H20N2O2S. The summed E-state index contributed by atoms with van der Waals surface area (Å²) in [6.07, 6.45) is 3.04. The Kier molecular flexibility index (Phi) is 4.40. The summed E-state index contributed by atoms with van der Waals surface area (Å²) in [7, 11) is -3.10. The van der Waals surface area contributed by atoms with E-state index in [1.54, 1.807) is 13.1 Å². The third-order valence-electron chi connectivity index (χ3n) is 3.55. The first-order valence-corrected chi connectivity index (χ1v) is 8.66. The van der Waals surface area contributed by atoms with E-state index in [0.717, 1.165) is 23.0 Å². The van der Waals surface area contributed by atoms with Crippen molar-refractivity contribution in [3.05, 3.63) is 42.1 Å². The molecule has 0 saturated heterocycles. The molecule has 4 nitrogen and oxygen atoms in total. The van der Waals surface area contributed by atoms with E-state index in [9.17, 15) is 8.42 Å². The lowest BCUT2D eigenvalue weighted by molar-refractivity contribution is 0.513. The van der Waals surface area contributed by atoms with Gasteiger partial charge in [0.15, 0.2) is 9.84 Å². The van der Waals surface area contributed by atoms with E-state index < -0.39 is 15.1 Å². The van der Waals surface area contributed by atoms with Gasteiger partial charge in [-0.2, -0.15) is 0 Å². The van der Waals surface area contributed by atoms with Crippen LogP contribution in [0.25, 0.3) is 10.9 Å². The van der Waals surface area contributed by atoms with Crippen molar-refractivity contribution in [1.82, 2.24) is 10.3 Å². The van der Waals surface area contributed by atoms with E-state index in [0.29, 0.717) is 0 Å². The Balaban J connectivity index is 2.46. The Morgan fingerprint density at radius 3 is 2.70 bits per heavy atom. The average molecular weight is 292 g/mol. The first kappa shape index (κ1) is 14.9. The molecule has 1 aromatic carbocycles. The maximum absolute atomic E-state index is 11.8. The first-order chi connectivity index (χ1) is 9.43. The fourth-order valence-corrected chi connectivity index (χ4v) is 3.06. The Bertz CT molecular complexity index is 698. The lowest BCUT2D eigenvalue weighted by Gasteiger charge is -2.24. The van der Waals surface area contributed by atoms with Crippen molar-refractivity contribution in [2.75, 3.05) is 12.8 Å². The summed E-state index contributed by atoms with van der Waals surface area (Å²) in [4.78, 5) is 4.28. The van der Waals surface area contributed by atoms with Crippen LogP contribution >= 0.6 is 0 Å². The molecule has 0 fully saturated rings. The largest absolute Gasteiger partial charge is 0.309 e. The molecule has 2 aromatic rings. The Morgan fingerprint density at radius 1 is 1.30 bits per heavy atom. The van der Waals surface area contributed by atoms with Gasteiger partial charge in [0.25, 0.3) is 0 Å². The van der Waals surface area contributed by atoms with Crippen LogP contribution < -0.4 is 5.32 Å². The number of nitrogens with zero attached hydrogens (tertiary/aromatic N) is 1. The summed E-state index contributed by atoms with van der Waals surface area (Å²) in [5, 5.41) is 3.82. The number of sulfone groups is 1. The van der Waals surface area contributed by atoms with Crippen molar-refractivity contribution in [3.63, 3.8) is 0 Å². The number of benzene rings is 1. The second kappa shape index (κ2) is 5.89. The van der Waals surface area contributed by atoms with Gasteiger partial charge in [-0.05, 0) is 37.2 Å². The van der Waals surface area contributed by atoms with E-state index in [4.69, 9.17) is 0 Å². The molecule has 0 spiro atoms. The summed E-state index contributed by atoms with van der Waals surface area (Å²) in [6, 6.07) is 9.56. The van der Waals surface area contributed by atoms with E-state index in [1.165, 1.54) is 6.26 Å². The fourth-order valence-electron chi connectivity index (χ4n) is 2.31. The van der Waals surface area contributed by atoms with Crippen LogP contribution in [0, 0.1) is 0 Å². The highest BCUT2D eigenvalue weighted by Crippen LogP contribution is 2.24. The highest BCUT2D eigenvalue weighted by Gasteiger charge is 2.26. The number of hydrogen-bond donors (Lipinski definition) is 1. The van der Waals surface area contributed by atoms with Crippen LogP contribution in [0.1, 0.15) is 25.5 Å². The molecule has 0 amide bonds. The van der Waals surface area contributed by atoms with Gasteiger partial charge in [0.05, 0.1) is 10.8 Å². The van der Waals surface area contributed by atoms with Gasteiger partial charge in [-0.1, -0.05) is 19.1 Å². The summed E-state index contributed by atoms with van der Waals surface area (Å²) in [5.74, 6) is 0. The van der Waals surface area contributed by atoms with Crippen LogP contribution in [0.4, 0.5) is 0 Å². The molecule has 1 N–H and O–H groups in total. The van der Waals surface area contributed by atoms with Crippen LogP contribution in [-0.2, 0) is 9.84 Å². The predicted octanol–water partition coefficient (Wildman–Crippen LogP) is 2.32. The minimum atomic E-state index is -3.10. The lowest BCUT2D eigenvalue weighted by atomic mass is 10.0. The normalized spacial score (nSPS) is 15.2. The van der Waals surface area contributed by atoms with Gasteiger partial charge in [0.2, 0.25) is 0 Å². The molecule has 1 aromatic heterocycles. The molecule has 2 rings (SSSR count). The van der Waals surface area contributed by atoms with Gasteiger partial charge in [-0.25, -0.2) is 8.42 Å². The first-order valence-electron chi connectivity index (χ1n) is 6.70. The molecule has 0 aliphatic carbocycles. The molecule has 1 heterocycles. The topological polar surface area (TPSA) is 59.1 Å². The van der Waals surface area contributed by atoms with E-state index in [1.807, 2.05) is 37.3 Å². The van der Waals surface area contributed by atoms with Crippen LogP contribution in [0.15, 0.2) is 36.5 Å². The van der Waals surface area contributed by atoms with Gasteiger partial charge in [0, 0.05) is 23.9 Å². The summed E-state index contributed by atoms with van der Waals surface area (Å²) in [6.45, 7) is 4.44. The number of pyridine rings is 1. The van der Waals surface area contributed by atoms with Crippen LogP contribution in [0.2, 0.25) is 0 Å². The zero-order valence-corrected chi connectivity index (χ0v) is 12.8. The Hall–Kier alpha value is -1.46. The monoisotopic (exact) mass is 292 g/mol. The van der Waals surface area contributed by atoms with Crippen LogP contribution in [-0.4, -0.2) is 31.5 Å². The summed E-state index contributed by atoms with van der Waals surface area (Å²) >= 11 is 0. The third-order valence-corrected chi connectivity index (χ3v) is 5.18. The maximum Gasteiger partial charge on any atom is 0.151 e. The van der Waals surface area contributed by atoms with Crippen molar-refractivity contribution in [2.24, 2.45) is 0 Å². The molecule has 0 radical (unpaired) electrons. The lowest BCUT2D eigenvalue weighted by Crippen LogP contribution is -2.34.